The molecule has 1 fully saturated rings. The summed E-state index contributed by atoms with van der Waals surface area (Å²) in [6, 6.07) is 6.87. The molecular weight excluding hydrogens is 184 g/mol. The zero-order chi connectivity index (χ0) is 9.47. The smallest absolute Gasteiger partial charge is 0.0755 e. The van der Waals surface area contributed by atoms with Crippen LogP contribution in [0.2, 0.25) is 0 Å². The van der Waals surface area contributed by atoms with Crippen LogP contribution in [0.5, 0.6) is 0 Å². The minimum Gasteiger partial charge on any atom is -0.399 e. The first-order valence-corrected chi connectivity index (χ1v) is 5.86. The van der Waals surface area contributed by atoms with Crippen LogP contribution in [-0.4, -0.2) is 9.46 Å². The van der Waals surface area contributed by atoms with Gasteiger partial charge in [-0.05, 0) is 31.0 Å². The van der Waals surface area contributed by atoms with Crippen LogP contribution in [0.3, 0.4) is 0 Å². The second kappa shape index (κ2) is 2.73. The number of nitrogen functional groups attached to an aromatic ring is 1. The van der Waals surface area contributed by atoms with Crippen molar-refractivity contribution in [1.82, 2.24) is 0 Å². The third-order valence-corrected chi connectivity index (χ3v) is 4.57. The molecule has 0 aromatic heterocycles. The Labute approximate surface area is 77.9 Å². The monoisotopic (exact) mass is 196 g/mol. The number of hydrogen-bond acceptors (Lipinski definition) is 3. The highest BCUT2D eigenvalue weighted by Gasteiger charge is 2.33. The Kier molecular flexibility index (Phi) is 1.80. The molecule has 0 heterocycles. The van der Waals surface area contributed by atoms with Crippen molar-refractivity contribution in [1.29, 1.82) is 4.78 Å². The summed E-state index contributed by atoms with van der Waals surface area (Å²) in [5, 5.41) is 0.0642. The SMILES string of the molecule is N=S(=O)(c1cccc(N)c1)C1CC1. The van der Waals surface area contributed by atoms with Crippen molar-refractivity contribution in [2.75, 3.05) is 5.73 Å². The molecule has 0 spiro atoms. The Balaban J connectivity index is 2.45. The van der Waals surface area contributed by atoms with E-state index in [2.05, 4.69) is 0 Å². The van der Waals surface area contributed by atoms with Crippen molar-refractivity contribution in [3.05, 3.63) is 24.3 Å². The molecule has 1 saturated carbocycles. The number of nitrogens with one attached hydrogen (secondary N) is 1. The van der Waals surface area contributed by atoms with Gasteiger partial charge in [0.05, 0.1) is 9.73 Å². The van der Waals surface area contributed by atoms with Crippen LogP contribution >= 0.6 is 0 Å². The molecule has 2 rings (SSSR count). The van der Waals surface area contributed by atoms with Crippen molar-refractivity contribution in [2.45, 2.75) is 23.0 Å². The fourth-order valence-electron chi connectivity index (χ4n) is 1.30. The topological polar surface area (TPSA) is 66.9 Å². The quantitative estimate of drug-likeness (QED) is 0.709. The normalized spacial score (nSPS) is 20.9. The van der Waals surface area contributed by atoms with Gasteiger partial charge < -0.3 is 5.73 Å². The summed E-state index contributed by atoms with van der Waals surface area (Å²) < 4.78 is 19.7. The van der Waals surface area contributed by atoms with E-state index in [9.17, 15) is 4.21 Å². The van der Waals surface area contributed by atoms with Gasteiger partial charge in [0, 0.05) is 15.8 Å². The first-order chi connectivity index (χ1) is 6.10. The number of nitrogens with two attached hydrogens (primary N) is 1. The molecular formula is C9H12N2OS. The Hall–Kier alpha value is -1.03. The highest BCUT2D eigenvalue weighted by Crippen LogP contribution is 2.34. The third-order valence-electron chi connectivity index (χ3n) is 2.20. The maximum absolute atomic E-state index is 11.9. The Bertz CT molecular complexity index is 421. The third kappa shape index (κ3) is 1.54. The Morgan fingerprint density at radius 3 is 2.69 bits per heavy atom. The highest BCUT2D eigenvalue weighted by molar-refractivity contribution is 7.93. The predicted molar refractivity (Wildman–Crippen MR) is 53.0 cm³/mol. The fraction of sp³-hybridized carbons (Fsp3) is 0.333. The Morgan fingerprint density at radius 2 is 2.15 bits per heavy atom. The van der Waals surface area contributed by atoms with Gasteiger partial charge >= 0.3 is 0 Å². The van der Waals surface area contributed by atoms with Crippen LogP contribution in [0.25, 0.3) is 0 Å². The maximum Gasteiger partial charge on any atom is 0.0755 e. The minimum atomic E-state index is -2.57. The van der Waals surface area contributed by atoms with Crippen molar-refractivity contribution in [3.63, 3.8) is 0 Å². The standard InChI is InChI=1S/C9H12N2OS/c10-7-2-1-3-9(6-7)13(11,12)8-4-5-8/h1-3,6,8,11H,4-5,10H2. The summed E-state index contributed by atoms with van der Waals surface area (Å²) in [6.45, 7) is 0. The molecule has 13 heavy (non-hydrogen) atoms. The summed E-state index contributed by atoms with van der Waals surface area (Å²) in [7, 11) is -2.57. The van der Waals surface area contributed by atoms with E-state index in [0.717, 1.165) is 12.8 Å². The van der Waals surface area contributed by atoms with E-state index in [0.29, 0.717) is 10.6 Å². The summed E-state index contributed by atoms with van der Waals surface area (Å²) in [6.07, 6.45) is 1.83. The lowest BCUT2D eigenvalue weighted by atomic mass is 10.3. The van der Waals surface area contributed by atoms with Crippen LogP contribution in [0.15, 0.2) is 29.2 Å². The van der Waals surface area contributed by atoms with Gasteiger partial charge in [0.1, 0.15) is 0 Å². The van der Waals surface area contributed by atoms with Crippen LogP contribution in [-0.2, 0) is 9.73 Å². The lowest BCUT2D eigenvalue weighted by molar-refractivity contribution is 0.674. The zero-order valence-electron chi connectivity index (χ0n) is 7.19. The number of rotatable bonds is 2. The average molecular weight is 196 g/mol. The summed E-state index contributed by atoms with van der Waals surface area (Å²) >= 11 is 0. The molecule has 4 heteroatoms. The lowest BCUT2D eigenvalue weighted by Gasteiger charge is -2.05. The van der Waals surface area contributed by atoms with Gasteiger partial charge in [-0.1, -0.05) is 6.07 Å². The van der Waals surface area contributed by atoms with E-state index in [-0.39, 0.29) is 5.25 Å². The summed E-state index contributed by atoms with van der Waals surface area (Å²) in [5.41, 5.74) is 6.15. The first kappa shape index (κ1) is 8.56. The van der Waals surface area contributed by atoms with Gasteiger partial charge in [-0.25, -0.2) is 8.99 Å². The number of benzene rings is 1. The molecule has 1 atom stereocenters. The fourth-order valence-corrected chi connectivity index (χ4v) is 3.07. The van der Waals surface area contributed by atoms with E-state index in [1.54, 1.807) is 24.3 Å². The maximum atomic E-state index is 11.9. The molecule has 0 saturated heterocycles. The molecule has 1 aromatic carbocycles. The molecule has 3 nitrogen and oxygen atoms in total. The molecule has 3 N–H and O–H groups in total. The van der Waals surface area contributed by atoms with E-state index < -0.39 is 9.73 Å². The minimum absolute atomic E-state index is 0.0642. The van der Waals surface area contributed by atoms with Crippen LogP contribution in [0.1, 0.15) is 12.8 Å². The predicted octanol–water partition coefficient (Wildman–Crippen LogP) is 1.84. The highest BCUT2D eigenvalue weighted by atomic mass is 32.2. The van der Waals surface area contributed by atoms with E-state index in [1.165, 1.54) is 0 Å². The molecule has 0 aliphatic heterocycles. The van der Waals surface area contributed by atoms with Gasteiger partial charge in [0.15, 0.2) is 0 Å². The average Bonchev–Trinajstić information content (AvgIpc) is 2.86. The van der Waals surface area contributed by atoms with Gasteiger partial charge in [0.25, 0.3) is 0 Å². The molecule has 1 aromatic rings. The molecule has 1 aliphatic rings. The number of anilines is 1. The van der Waals surface area contributed by atoms with Gasteiger partial charge in [-0.2, -0.15) is 0 Å². The van der Waals surface area contributed by atoms with Gasteiger partial charge in [-0.15, -0.1) is 0 Å². The van der Waals surface area contributed by atoms with Crippen LogP contribution in [0.4, 0.5) is 5.69 Å². The summed E-state index contributed by atoms with van der Waals surface area (Å²) in [4.78, 5) is 0.579. The van der Waals surface area contributed by atoms with Crippen molar-refractivity contribution < 1.29 is 4.21 Å². The Morgan fingerprint density at radius 1 is 1.46 bits per heavy atom. The zero-order valence-corrected chi connectivity index (χ0v) is 8.01. The molecule has 70 valence electrons. The first-order valence-electron chi connectivity index (χ1n) is 4.24. The summed E-state index contributed by atoms with van der Waals surface area (Å²) in [5.74, 6) is 0. The van der Waals surface area contributed by atoms with Gasteiger partial charge in [0.2, 0.25) is 0 Å². The molecule has 0 amide bonds. The molecule has 1 aliphatic carbocycles. The molecule has 0 radical (unpaired) electrons. The van der Waals surface area contributed by atoms with E-state index in [4.69, 9.17) is 10.5 Å². The van der Waals surface area contributed by atoms with Crippen molar-refractivity contribution in [2.24, 2.45) is 0 Å². The number of hydrogen-bond donors (Lipinski definition) is 2. The van der Waals surface area contributed by atoms with E-state index >= 15 is 0 Å². The van der Waals surface area contributed by atoms with Crippen LogP contribution < -0.4 is 5.73 Å². The molecule has 0 bridgehead atoms. The van der Waals surface area contributed by atoms with Crippen LogP contribution in [0, 0.1) is 4.78 Å². The largest absolute Gasteiger partial charge is 0.399 e. The van der Waals surface area contributed by atoms with E-state index in [1.807, 2.05) is 0 Å². The van der Waals surface area contributed by atoms with Crippen molar-refractivity contribution in [3.8, 4) is 0 Å². The molecule has 1 unspecified atom stereocenters. The second-order valence-electron chi connectivity index (χ2n) is 3.37. The lowest BCUT2D eigenvalue weighted by Crippen LogP contribution is -2.05. The second-order valence-corrected chi connectivity index (χ2v) is 5.71. The van der Waals surface area contributed by atoms with Gasteiger partial charge in [-0.3, -0.25) is 0 Å². The van der Waals surface area contributed by atoms with Crippen molar-refractivity contribution >= 4 is 15.4 Å².